The predicted octanol–water partition coefficient (Wildman–Crippen LogP) is 2.46. The third kappa shape index (κ3) is 3.45. The molecule has 0 aliphatic carbocycles. The maximum absolute atomic E-state index is 3.91. The Kier molecular flexibility index (Phi) is 3.47. The van der Waals surface area contributed by atoms with Crippen molar-refractivity contribution in [2.24, 2.45) is 5.92 Å². The topological polar surface area (TPSA) is 3.24 Å². The van der Waals surface area contributed by atoms with Gasteiger partial charge in [0.1, 0.15) is 0 Å². The summed E-state index contributed by atoms with van der Waals surface area (Å²) in [5.41, 5.74) is 0. The van der Waals surface area contributed by atoms with Crippen molar-refractivity contribution in [3.63, 3.8) is 0 Å². The number of piperidine rings is 1. The first-order chi connectivity index (χ1) is 5.29. The van der Waals surface area contributed by atoms with Crippen LogP contribution in [-0.4, -0.2) is 18.0 Å². The van der Waals surface area contributed by atoms with Crippen LogP contribution in [0.15, 0.2) is 12.3 Å². The lowest BCUT2D eigenvalue weighted by atomic mass is 10.1. The Morgan fingerprint density at radius 3 is 2.45 bits per heavy atom. The van der Waals surface area contributed by atoms with E-state index in [2.05, 4.69) is 31.0 Å². The second-order valence-electron chi connectivity index (χ2n) is 3.42. The molecule has 1 atom stereocenters. The lowest BCUT2D eigenvalue weighted by Crippen LogP contribution is -2.24. The Balaban J connectivity index is 2.23. The number of rotatable bonds is 2. The lowest BCUT2D eigenvalue weighted by Gasteiger charge is -2.24. The van der Waals surface area contributed by atoms with Crippen LogP contribution in [-0.2, 0) is 0 Å². The molecule has 1 heteroatoms. The first-order valence-corrected chi connectivity index (χ1v) is 4.54. The molecule has 1 aliphatic rings. The highest BCUT2D eigenvalue weighted by molar-refractivity contribution is 4.88. The molecule has 0 aromatic carbocycles. The van der Waals surface area contributed by atoms with Crippen molar-refractivity contribution in [1.29, 1.82) is 0 Å². The first kappa shape index (κ1) is 8.63. The smallest absolute Gasteiger partial charge is 0.0172 e. The molecule has 0 spiro atoms. The summed E-state index contributed by atoms with van der Waals surface area (Å²) in [5.74, 6) is 0.442. The van der Waals surface area contributed by atoms with E-state index in [-0.39, 0.29) is 0 Å². The van der Waals surface area contributed by atoms with Gasteiger partial charge in [-0.1, -0.05) is 13.0 Å². The largest absolute Gasteiger partial charge is 0.378 e. The van der Waals surface area contributed by atoms with Gasteiger partial charge in [0.15, 0.2) is 0 Å². The predicted molar refractivity (Wildman–Crippen MR) is 49.1 cm³/mol. The van der Waals surface area contributed by atoms with Crippen LogP contribution in [0.3, 0.4) is 0 Å². The fourth-order valence-corrected chi connectivity index (χ4v) is 1.34. The highest BCUT2D eigenvalue weighted by Gasteiger charge is 2.04. The van der Waals surface area contributed by atoms with Gasteiger partial charge in [0.2, 0.25) is 0 Å². The van der Waals surface area contributed by atoms with Crippen molar-refractivity contribution in [3.05, 3.63) is 19.2 Å². The minimum Gasteiger partial charge on any atom is -0.378 e. The van der Waals surface area contributed by atoms with Gasteiger partial charge < -0.3 is 4.90 Å². The number of nitrogens with zero attached hydrogens (tertiary/aromatic N) is 1. The number of hydrogen-bond acceptors (Lipinski definition) is 1. The Bertz CT molecular complexity index is 121. The first-order valence-electron chi connectivity index (χ1n) is 4.54. The van der Waals surface area contributed by atoms with Gasteiger partial charge in [0, 0.05) is 13.1 Å². The quantitative estimate of drug-likeness (QED) is 0.587. The Morgan fingerprint density at radius 1 is 1.27 bits per heavy atom. The Morgan fingerprint density at radius 2 is 1.91 bits per heavy atom. The van der Waals surface area contributed by atoms with Crippen molar-refractivity contribution >= 4 is 0 Å². The molecule has 1 nitrogen and oxygen atoms in total. The van der Waals surface area contributed by atoms with Gasteiger partial charge in [-0.2, -0.15) is 0 Å². The van der Waals surface area contributed by atoms with Gasteiger partial charge in [0.25, 0.3) is 0 Å². The van der Waals surface area contributed by atoms with Crippen molar-refractivity contribution in [2.45, 2.75) is 26.2 Å². The molecule has 0 amide bonds. The number of likely N-dealkylation sites (tertiary alicyclic amines) is 1. The maximum Gasteiger partial charge on any atom is 0.0172 e. The molecule has 11 heavy (non-hydrogen) atoms. The van der Waals surface area contributed by atoms with E-state index >= 15 is 0 Å². The average molecular weight is 152 g/mol. The molecule has 0 N–H and O–H groups in total. The van der Waals surface area contributed by atoms with Crippen molar-refractivity contribution < 1.29 is 0 Å². The molecule has 0 aromatic rings. The molecule has 1 heterocycles. The highest BCUT2D eigenvalue weighted by atomic mass is 15.1. The molecule has 0 aromatic heterocycles. The zero-order chi connectivity index (χ0) is 8.10. The fraction of sp³-hybridized carbons (Fsp3) is 0.700. The number of hydrogen-bond donors (Lipinski definition) is 0. The normalized spacial score (nSPS) is 20.1. The van der Waals surface area contributed by atoms with Crippen LogP contribution in [0.5, 0.6) is 0 Å². The molecular formula is C10H18N. The second-order valence-corrected chi connectivity index (χ2v) is 3.42. The van der Waals surface area contributed by atoms with E-state index in [0.29, 0.717) is 5.92 Å². The second kappa shape index (κ2) is 4.42. The van der Waals surface area contributed by atoms with Crippen LogP contribution in [0.1, 0.15) is 26.2 Å². The fourth-order valence-electron chi connectivity index (χ4n) is 1.34. The standard InChI is InChI=1S/C10H18N/c1-10(2)6-9-11-7-4-3-5-8-11/h6,9-10H,1,3-5,7-8H2,2H3/b9-6+. The van der Waals surface area contributed by atoms with E-state index < -0.39 is 0 Å². The van der Waals surface area contributed by atoms with E-state index in [4.69, 9.17) is 0 Å². The van der Waals surface area contributed by atoms with Gasteiger partial charge in [-0.3, -0.25) is 0 Å². The van der Waals surface area contributed by atoms with Gasteiger partial charge in [0.05, 0.1) is 0 Å². The zero-order valence-corrected chi connectivity index (χ0v) is 7.42. The highest BCUT2D eigenvalue weighted by Crippen LogP contribution is 2.09. The molecule has 63 valence electrons. The Hall–Kier alpha value is -0.460. The molecule has 1 radical (unpaired) electrons. The van der Waals surface area contributed by atoms with Crippen LogP contribution in [0.25, 0.3) is 0 Å². The lowest BCUT2D eigenvalue weighted by molar-refractivity contribution is 0.308. The Labute approximate surface area is 70.1 Å². The summed E-state index contributed by atoms with van der Waals surface area (Å²) in [6, 6.07) is 0. The zero-order valence-electron chi connectivity index (χ0n) is 7.42. The molecule has 0 saturated carbocycles. The summed E-state index contributed by atoms with van der Waals surface area (Å²) in [5, 5.41) is 0. The molecule has 1 fully saturated rings. The summed E-state index contributed by atoms with van der Waals surface area (Å²) < 4.78 is 0. The average Bonchev–Trinajstić information content (AvgIpc) is 2.03. The van der Waals surface area contributed by atoms with Gasteiger partial charge >= 0.3 is 0 Å². The van der Waals surface area contributed by atoms with E-state index in [1.807, 2.05) is 0 Å². The molecule has 1 saturated heterocycles. The van der Waals surface area contributed by atoms with E-state index in [1.165, 1.54) is 32.4 Å². The summed E-state index contributed by atoms with van der Waals surface area (Å²) in [4.78, 5) is 2.39. The molecule has 1 rings (SSSR count). The molecular weight excluding hydrogens is 134 g/mol. The van der Waals surface area contributed by atoms with Crippen molar-refractivity contribution in [3.8, 4) is 0 Å². The summed E-state index contributed by atoms with van der Waals surface area (Å²) >= 11 is 0. The summed E-state index contributed by atoms with van der Waals surface area (Å²) in [6.07, 6.45) is 8.50. The third-order valence-electron chi connectivity index (χ3n) is 2.02. The molecule has 1 unspecified atom stereocenters. The summed E-state index contributed by atoms with van der Waals surface area (Å²) in [7, 11) is 0. The maximum atomic E-state index is 3.91. The monoisotopic (exact) mass is 152 g/mol. The molecule has 1 aliphatic heterocycles. The van der Waals surface area contributed by atoms with E-state index in [9.17, 15) is 0 Å². The van der Waals surface area contributed by atoms with Gasteiger partial charge in [-0.25, -0.2) is 0 Å². The SMILES string of the molecule is [CH2]C(C)/C=C/N1CCCCC1. The number of allylic oxidation sites excluding steroid dienone is 1. The van der Waals surface area contributed by atoms with E-state index in [0.717, 1.165) is 0 Å². The third-order valence-corrected chi connectivity index (χ3v) is 2.02. The minimum atomic E-state index is 0.442. The van der Waals surface area contributed by atoms with Crippen molar-refractivity contribution in [2.75, 3.05) is 13.1 Å². The minimum absolute atomic E-state index is 0.442. The van der Waals surface area contributed by atoms with E-state index in [1.54, 1.807) is 0 Å². The van der Waals surface area contributed by atoms with Crippen LogP contribution in [0.4, 0.5) is 0 Å². The van der Waals surface area contributed by atoms with Crippen molar-refractivity contribution in [1.82, 2.24) is 4.90 Å². The van der Waals surface area contributed by atoms with Crippen LogP contribution in [0, 0.1) is 12.8 Å². The van der Waals surface area contributed by atoms with Crippen LogP contribution >= 0.6 is 0 Å². The summed E-state index contributed by atoms with van der Waals surface area (Å²) in [6.45, 7) is 8.50. The molecule has 0 bridgehead atoms. The van der Waals surface area contributed by atoms with Crippen LogP contribution in [0.2, 0.25) is 0 Å². The van der Waals surface area contributed by atoms with Gasteiger partial charge in [-0.05, 0) is 38.3 Å². The van der Waals surface area contributed by atoms with Crippen LogP contribution < -0.4 is 0 Å². The van der Waals surface area contributed by atoms with Gasteiger partial charge in [-0.15, -0.1) is 0 Å².